The van der Waals surface area contributed by atoms with Crippen molar-refractivity contribution in [3.05, 3.63) is 59.7 Å². The predicted octanol–water partition coefficient (Wildman–Crippen LogP) is 3.08. The highest BCUT2D eigenvalue weighted by Crippen LogP contribution is 2.23. The van der Waals surface area contributed by atoms with Gasteiger partial charge in [0.05, 0.1) is 23.6 Å². The SMILES string of the molecule is COC(=O)c1ccc(NC(=O)[C@H](C)NS(=O)(=O)c2ccc(C(C)(C)C)cc2)cc1. The fourth-order valence-corrected chi connectivity index (χ4v) is 3.75. The molecule has 7 nitrogen and oxygen atoms in total. The van der Waals surface area contributed by atoms with Crippen LogP contribution in [-0.4, -0.2) is 33.4 Å². The molecule has 0 unspecified atom stereocenters. The number of carbonyl (C=O) groups excluding carboxylic acids is 2. The fourth-order valence-electron chi connectivity index (χ4n) is 2.55. The molecular formula is C21H26N2O5S. The van der Waals surface area contributed by atoms with Crippen molar-refractivity contribution in [3.8, 4) is 0 Å². The first kappa shape index (κ1) is 22.6. The lowest BCUT2D eigenvalue weighted by atomic mass is 9.87. The monoisotopic (exact) mass is 418 g/mol. The molecule has 2 aromatic carbocycles. The first-order valence-corrected chi connectivity index (χ1v) is 10.5. The Labute approximate surface area is 171 Å². The second-order valence-electron chi connectivity index (χ2n) is 7.68. The molecule has 0 aliphatic heterocycles. The number of benzene rings is 2. The van der Waals surface area contributed by atoms with E-state index in [2.05, 4.69) is 14.8 Å². The van der Waals surface area contributed by atoms with Gasteiger partial charge in [0, 0.05) is 5.69 Å². The Morgan fingerprint density at radius 2 is 1.52 bits per heavy atom. The van der Waals surface area contributed by atoms with Crippen LogP contribution in [0.1, 0.15) is 43.6 Å². The number of sulfonamides is 1. The van der Waals surface area contributed by atoms with Crippen molar-refractivity contribution in [2.24, 2.45) is 0 Å². The van der Waals surface area contributed by atoms with Crippen LogP contribution in [0.3, 0.4) is 0 Å². The van der Waals surface area contributed by atoms with Gasteiger partial charge in [-0.25, -0.2) is 13.2 Å². The molecule has 0 aliphatic carbocycles. The Balaban J connectivity index is 2.05. The van der Waals surface area contributed by atoms with Gasteiger partial charge in [0.1, 0.15) is 0 Å². The van der Waals surface area contributed by atoms with E-state index in [1.165, 1.54) is 50.4 Å². The van der Waals surface area contributed by atoms with E-state index in [0.717, 1.165) is 5.56 Å². The average molecular weight is 419 g/mol. The van der Waals surface area contributed by atoms with E-state index >= 15 is 0 Å². The number of amides is 1. The molecule has 2 aromatic rings. The summed E-state index contributed by atoms with van der Waals surface area (Å²) in [5, 5.41) is 2.61. The van der Waals surface area contributed by atoms with Crippen LogP contribution in [0.2, 0.25) is 0 Å². The number of esters is 1. The first-order valence-electron chi connectivity index (χ1n) is 9.06. The maximum Gasteiger partial charge on any atom is 0.337 e. The molecule has 1 amide bonds. The number of anilines is 1. The average Bonchev–Trinajstić information content (AvgIpc) is 2.67. The molecule has 8 heteroatoms. The van der Waals surface area contributed by atoms with Gasteiger partial charge in [0.15, 0.2) is 0 Å². The van der Waals surface area contributed by atoms with Crippen LogP contribution >= 0.6 is 0 Å². The largest absolute Gasteiger partial charge is 0.465 e. The Hall–Kier alpha value is -2.71. The number of methoxy groups -OCH3 is 1. The lowest BCUT2D eigenvalue weighted by Crippen LogP contribution is -2.41. The Bertz CT molecular complexity index is 975. The number of hydrogen-bond acceptors (Lipinski definition) is 5. The predicted molar refractivity (Wildman–Crippen MR) is 111 cm³/mol. The van der Waals surface area contributed by atoms with Crippen LogP contribution in [0.4, 0.5) is 5.69 Å². The van der Waals surface area contributed by atoms with Gasteiger partial charge in [-0.15, -0.1) is 0 Å². The van der Waals surface area contributed by atoms with E-state index in [4.69, 9.17) is 0 Å². The molecule has 29 heavy (non-hydrogen) atoms. The molecule has 2 N–H and O–H groups in total. The minimum Gasteiger partial charge on any atom is -0.465 e. The van der Waals surface area contributed by atoms with Crippen molar-refractivity contribution in [1.29, 1.82) is 0 Å². The summed E-state index contributed by atoms with van der Waals surface area (Å²) in [5.41, 5.74) is 1.70. The van der Waals surface area contributed by atoms with E-state index in [0.29, 0.717) is 11.3 Å². The zero-order chi connectivity index (χ0) is 21.8. The smallest absolute Gasteiger partial charge is 0.337 e. The van der Waals surface area contributed by atoms with E-state index in [1.54, 1.807) is 12.1 Å². The zero-order valence-corrected chi connectivity index (χ0v) is 18.0. The van der Waals surface area contributed by atoms with Gasteiger partial charge in [0.2, 0.25) is 15.9 Å². The summed E-state index contributed by atoms with van der Waals surface area (Å²) in [4.78, 5) is 23.9. The number of carbonyl (C=O) groups is 2. The minimum absolute atomic E-state index is 0.0904. The third-order valence-electron chi connectivity index (χ3n) is 4.33. The standard InChI is InChI=1S/C21H26N2O5S/c1-14(19(24)22-17-10-6-15(7-11-17)20(25)28-5)23-29(26,27)18-12-8-16(9-13-18)21(2,3)4/h6-14,23H,1-5H3,(H,22,24)/t14-/m0/s1. The molecule has 0 saturated carbocycles. The van der Waals surface area contributed by atoms with Crippen LogP contribution in [0, 0.1) is 0 Å². The lowest BCUT2D eigenvalue weighted by molar-refractivity contribution is -0.117. The highest BCUT2D eigenvalue weighted by Gasteiger charge is 2.23. The summed E-state index contributed by atoms with van der Waals surface area (Å²) in [6.07, 6.45) is 0. The molecule has 0 aliphatic rings. The normalized spacial score (nSPS) is 12.9. The molecule has 0 bridgehead atoms. The number of nitrogens with one attached hydrogen (secondary N) is 2. The molecule has 0 spiro atoms. The maximum atomic E-state index is 12.6. The van der Waals surface area contributed by atoms with Gasteiger partial charge < -0.3 is 10.1 Å². The van der Waals surface area contributed by atoms with Crippen molar-refractivity contribution in [2.75, 3.05) is 12.4 Å². The van der Waals surface area contributed by atoms with Crippen LogP contribution in [0.25, 0.3) is 0 Å². The highest BCUT2D eigenvalue weighted by atomic mass is 32.2. The van der Waals surface area contributed by atoms with E-state index < -0.39 is 27.9 Å². The second-order valence-corrected chi connectivity index (χ2v) is 9.39. The summed E-state index contributed by atoms with van der Waals surface area (Å²) in [6.45, 7) is 7.58. The van der Waals surface area contributed by atoms with Crippen molar-refractivity contribution >= 4 is 27.6 Å². The Kier molecular flexibility index (Phi) is 6.81. The van der Waals surface area contributed by atoms with Gasteiger partial charge in [-0.3, -0.25) is 4.79 Å². The quantitative estimate of drug-likeness (QED) is 0.702. The fraction of sp³-hybridized carbons (Fsp3) is 0.333. The molecule has 2 rings (SSSR count). The van der Waals surface area contributed by atoms with E-state index in [9.17, 15) is 18.0 Å². The first-order chi connectivity index (χ1) is 13.4. The van der Waals surface area contributed by atoms with Crippen molar-refractivity contribution < 1.29 is 22.7 Å². The van der Waals surface area contributed by atoms with Crippen LogP contribution < -0.4 is 10.0 Å². The topological polar surface area (TPSA) is 102 Å². The number of rotatable bonds is 6. The van der Waals surface area contributed by atoms with E-state index in [-0.39, 0.29) is 10.3 Å². The van der Waals surface area contributed by atoms with Gasteiger partial charge in [0.25, 0.3) is 0 Å². The molecule has 0 saturated heterocycles. The summed E-state index contributed by atoms with van der Waals surface area (Å²) >= 11 is 0. The van der Waals surface area contributed by atoms with Crippen LogP contribution in [0.15, 0.2) is 53.4 Å². The maximum absolute atomic E-state index is 12.6. The molecule has 0 fully saturated rings. The Morgan fingerprint density at radius 1 is 0.966 bits per heavy atom. The molecule has 0 aromatic heterocycles. The lowest BCUT2D eigenvalue weighted by Gasteiger charge is -2.19. The van der Waals surface area contributed by atoms with Crippen molar-refractivity contribution in [2.45, 2.75) is 44.0 Å². The summed E-state index contributed by atoms with van der Waals surface area (Å²) < 4.78 is 32.1. The number of ether oxygens (including phenoxy) is 1. The molecular weight excluding hydrogens is 392 g/mol. The van der Waals surface area contributed by atoms with Gasteiger partial charge in [-0.2, -0.15) is 4.72 Å². The summed E-state index contributed by atoms with van der Waals surface area (Å²) in [5.74, 6) is -1.01. The van der Waals surface area contributed by atoms with E-state index in [1.807, 2.05) is 20.8 Å². The third kappa shape index (κ3) is 5.88. The second kappa shape index (κ2) is 8.75. The minimum atomic E-state index is -3.85. The molecule has 156 valence electrons. The van der Waals surface area contributed by atoms with Crippen LogP contribution in [0.5, 0.6) is 0 Å². The molecule has 0 heterocycles. The van der Waals surface area contributed by atoms with Gasteiger partial charge in [-0.05, 0) is 54.3 Å². The summed E-state index contributed by atoms with van der Waals surface area (Å²) in [7, 11) is -2.57. The van der Waals surface area contributed by atoms with Crippen molar-refractivity contribution in [3.63, 3.8) is 0 Å². The van der Waals surface area contributed by atoms with Gasteiger partial charge >= 0.3 is 5.97 Å². The highest BCUT2D eigenvalue weighted by molar-refractivity contribution is 7.89. The number of hydrogen-bond donors (Lipinski definition) is 2. The van der Waals surface area contributed by atoms with Crippen LogP contribution in [-0.2, 0) is 25.0 Å². The molecule has 1 atom stereocenters. The zero-order valence-electron chi connectivity index (χ0n) is 17.1. The third-order valence-corrected chi connectivity index (χ3v) is 5.89. The molecule has 0 radical (unpaired) electrons. The Morgan fingerprint density at radius 3 is 2.00 bits per heavy atom. The summed E-state index contributed by atoms with van der Waals surface area (Å²) in [6, 6.07) is 11.7. The van der Waals surface area contributed by atoms with Gasteiger partial charge in [-0.1, -0.05) is 32.9 Å². The van der Waals surface area contributed by atoms with Crippen molar-refractivity contribution in [1.82, 2.24) is 4.72 Å².